The molecule has 0 aliphatic carbocycles. The van der Waals surface area contributed by atoms with Crippen molar-refractivity contribution in [2.24, 2.45) is 0 Å². The maximum Gasteiger partial charge on any atom is 0.147 e. The fourth-order valence-corrected chi connectivity index (χ4v) is 6.56. The lowest BCUT2D eigenvalue weighted by Gasteiger charge is -2.08. The van der Waals surface area contributed by atoms with Gasteiger partial charge in [0.15, 0.2) is 0 Å². The molecule has 206 valence electrons. The van der Waals surface area contributed by atoms with E-state index in [1.54, 1.807) is 0 Å². The van der Waals surface area contributed by atoms with Crippen LogP contribution in [0.15, 0.2) is 167 Å². The van der Waals surface area contributed by atoms with Crippen LogP contribution in [-0.2, 0) is 0 Å². The zero-order chi connectivity index (χ0) is 29.0. The SMILES string of the molecule is c1ccc(-c2cc(-c3ccccc3)c3oc4c(ccc5oc6c(-c7ccccc7)cc(-c7ccccc7)cc6c54)c3c2)cc1. The number of rotatable bonds is 4. The molecule has 0 radical (unpaired) electrons. The highest BCUT2D eigenvalue weighted by Crippen LogP contribution is 2.46. The van der Waals surface area contributed by atoms with Gasteiger partial charge in [0.25, 0.3) is 0 Å². The van der Waals surface area contributed by atoms with E-state index in [9.17, 15) is 0 Å². The normalized spacial score (nSPS) is 11.6. The summed E-state index contributed by atoms with van der Waals surface area (Å²) in [5.41, 5.74) is 12.5. The summed E-state index contributed by atoms with van der Waals surface area (Å²) >= 11 is 0. The fourth-order valence-electron chi connectivity index (χ4n) is 6.56. The average molecular weight is 563 g/mol. The Labute approximate surface area is 254 Å². The molecule has 0 spiro atoms. The number of benzene rings is 7. The van der Waals surface area contributed by atoms with Gasteiger partial charge < -0.3 is 8.83 Å². The van der Waals surface area contributed by atoms with Crippen molar-refractivity contribution in [2.45, 2.75) is 0 Å². The zero-order valence-electron chi connectivity index (χ0n) is 23.8. The Bertz CT molecular complexity index is 2450. The Morgan fingerprint density at radius 1 is 0.295 bits per heavy atom. The van der Waals surface area contributed by atoms with Crippen molar-refractivity contribution < 1.29 is 8.83 Å². The average Bonchev–Trinajstić information content (AvgIpc) is 3.67. The van der Waals surface area contributed by atoms with Crippen molar-refractivity contribution in [3.63, 3.8) is 0 Å². The van der Waals surface area contributed by atoms with E-state index in [1.165, 1.54) is 5.56 Å². The first kappa shape index (κ1) is 24.7. The van der Waals surface area contributed by atoms with Crippen molar-refractivity contribution >= 4 is 43.9 Å². The van der Waals surface area contributed by atoms with Crippen LogP contribution in [0.3, 0.4) is 0 Å². The molecule has 0 atom stereocenters. The van der Waals surface area contributed by atoms with Crippen molar-refractivity contribution in [1.82, 2.24) is 0 Å². The molecule has 9 rings (SSSR count). The van der Waals surface area contributed by atoms with E-state index in [0.29, 0.717) is 0 Å². The maximum atomic E-state index is 6.94. The Balaban J connectivity index is 1.41. The van der Waals surface area contributed by atoms with E-state index in [4.69, 9.17) is 8.83 Å². The summed E-state index contributed by atoms with van der Waals surface area (Å²) in [6.07, 6.45) is 0. The molecule has 2 heterocycles. The minimum atomic E-state index is 0.818. The van der Waals surface area contributed by atoms with Gasteiger partial charge in [0.05, 0.1) is 5.39 Å². The Hall–Kier alpha value is -5.86. The molecule has 0 aliphatic rings. The van der Waals surface area contributed by atoms with E-state index in [-0.39, 0.29) is 0 Å². The van der Waals surface area contributed by atoms with E-state index in [2.05, 4.69) is 152 Å². The van der Waals surface area contributed by atoms with Crippen molar-refractivity contribution in [3.8, 4) is 44.5 Å². The predicted molar refractivity (Wildman–Crippen MR) is 183 cm³/mol. The van der Waals surface area contributed by atoms with Crippen molar-refractivity contribution in [2.75, 3.05) is 0 Å². The molecule has 0 unspecified atom stereocenters. The monoisotopic (exact) mass is 562 g/mol. The molecule has 0 saturated heterocycles. The number of furan rings is 2. The Morgan fingerprint density at radius 2 is 0.750 bits per heavy atom. The van der Waals surface area contributed by atoms with Crippen LogP contribution in [-0.4, -0.2) is 0 Å². The van der Waals surface area contributed by atoms with Gasteiger partial charge in [-0.1, -0.05) is 121 Å². The minimum absolute atomic E-state index is 0.818. The predicted octanol–water partition coefficient (Wildman–Crippen LogP) is 12.2. The first-order valence-electron chi connectivity index (χ1n) is 14.9. The summed E-state index contributed by atoms with van der Waals surface area (Å²) in [7, 11) is 0. The molecule has 7 aromatic carbocycles. The molecule has 0 saturated carbocycles. The molecule has 0 amide bonds. The molecule has 0 bridgehead atoms. The highest BCUT2D eigenvalue weighted by molar-refractivity contribution is 6.25. The summed E-state index contributed by atoms with van der Waals surface area (Å²) in [5.74, 6) is 0. The van der Waals surface area contributed by atoms with Crippen LogP contribution in [0.5, 0.6) is 0 Å². The van der Waals surface area contributed by atoms with Gasteiger partial charge >= 0.3 is 0 Å². The minimum Gasteiger partial charge on any atom is -0.455 e. The van der Waals surface area contributed by atoms with Gasteiger partial charge in [0, 0.05) is 27.3 Å². The smallest absolute Gasteiger partial charge is 0.147 e. The van der Waals surface area contributed by atoms with Crippen LogP contribution < -0.4 is 0 Å². The molecular weight excluding hydrogens is 536 g/mol. The van der Waals surface area contributed by atoms with Gasteiger partial charge in [-0.15, -0.1) is 0 Å². The number of hydrogen-bond donors (Lipinski definition) is 0. The highest BCUT2D eigenvalue weighted by atomic mass is 16.3. The van der Waals surface area contributed by atoms with Gasteiger partial charge in [-0.3, -0.25) is 0 Å². The second-order valence-electron chi connectivity index (χ2n) is 11.3. The van der Waals surface area contributed by atoms with E-state index < -0.39 is 0 Å². The summed E-state index contributed by atoms with van der Waals surface area (Å²) in [6, 6.07) is 55.4. The summed E-state index contributed by atoms with van der Waals surface area (Å²) in [5, 5.41) is 4.23. The molecule has 2 aromatic heterocycles. The van der Waals surface area contributed by atoms with Crippen molar-refractivity contribution in [3.05, 3.63) is 158 Å². The standard InChI is InChI=1S/C42H26O2/c1-5-13-27(14-6-1)31-23-34(29-17-9-3-10-18-29)40-36(25-31)33-21-22-38-39(42(33)44-40)37-26-32(28-15-7-2-8-16-28)24-35(41(37)43-38)30-19-11-4-12-20-30/h1-26H. The summed E-state index contributed by atoms with van der Waals surface area (Å²) in [6.45, 7) is 0. The summed E-state index contributed by atoms with van der Waals surface area (Å²) in [4.78, 5) is 0. The van der Waals surface area contributed by atoms with Crippen LogP contribution in [0.1, 0.15) is 0 Å². The van der Waals surface area contributed by atoms with E-state index in [0.717, 1.165) is 82.8 Å². The molecule has 44 heavy (non-hydrogen) atoms. The third-order valence-corrected chi connectivity index (χ3v) is 8.66. The van der Waals surface area contributed by atoms with E-state index >= 15 is 0 Å². The van der Waals surface area contributed by atoms with Crippen molar-refractivity contribution in [1.29, 1.82) is 0 Å². The number of fused-ring (bicyclic) bond motifs is 7. The van der Waals surface area contributed by atoms with Gasteiger partial charge in [0.2, 0.25) is 0 Å². The second kappa shape index (κ2) is 9.86. The number of hydrogen-bond acceptors (Lipinski definition) is 2. The second-order valence-corrected chi connectivity index (χ2v) is 11.3. The molecular formula is C42H26O2. The fraction of sp³-hybridized carbons (Fsp3) is 0. The molecule has 2 heteroatoms. The first-order valence-corrected chi connectivity index (χ1v) is 14.9. The largest absolute Gasteiger partial charge is 0.455 e. The van der Waals surface area contributed by atoms with Crippen LogP contribution in [0.4, 0.5) is 0 Å². The van der Waals surface area contributed by atoms with Crippen LogP contribution in [0, 0.1) is 0 Å². The lowest BCUT2D eigenvalue weighted by atomic mass is 9.94. The van der Waals surface area contributed by atoms with Gasteiger partial charge in [0.1, 0.15) is 22.3 Å². The van der Waals surface area contributed by atoms with Gasteiger partial charge in [-0.25, -0.2) is 0 Å². The third-order valence-electron chi connectivity index (χ3n) is 8.66. The topological polar surface area (TPSA) is 26.3 Å². The molecule has 0 N–H and O–H groups in total. The summed E-state index contributed by atoms with van der Waals surface area (Å²) < 4.78 is 13.6. The van der Waals surface area contributed by atoms with E-state index in [1.807, 2.05) is 6.07 Å². The quantitative estimate of drug-likeness (QED) is 0.213. The Morgan fingerprint density at radius 3 is 1.27 bits per heavy atom. The molecule has 0 fully saturated rings. The lowest BCUT2D eigenvalue weighted by Crippen LogP contribution is -1.83. The van der Waals surface area contributed by atoms with Crippen LogP contribution in [0.25, 0.3) is 88.4 Å². The molecule has 2 nitrogen and oxygen atoms in total. The Kier molecular flexibility index (Phi) is 5.54. The zero-order valence-corrected chi connectivity index (χ0v) is 23.8. The maximum absolute atomic E-state index is 6.94. The highest BCUT2D eigenvalue weighted by Gasteiger charge is 2.22. The van der Waals surface area contributed by atoms with Gasteiger partial charge in [-0.2, -0.15) is 0 Å². The van der Waals surface area contributed by atoms with Gasteiger partial charge in [-0.05, 0) is 69.8 Å². The first-order chi connectivity index (χ1) is 21.8. The van der Waals surface area contributed by atoms with Crippen LogP contribution >= 0.6 is 0 Å². The third kappa shape index (κ3) is 3.89. The molecule has 9 aromatic rings. The molecule has 0 aliphatic heterocycles. The lowest BCUT2D eigenvalue weighted by molar-refractivity contribution is 0.664. The van der Waals surface area contributed by atoms with Crippen LogP contribution in [0.2, 0.25) is 0 Å².